The van der Waals surface area contributed by atoms with Crippen LogP contribution in [-0.2, 0) is 19.4 Å². The van der Waals surface area contributed by atoms with E-state index in [1.807, 2.05) is 0 Å². The highest BCUT2D eigenvalue weighted by Gasteiger charge is 2.12. The van der Waals surface area contributed by atoms with E-state index in [2.05, 4.69) is 53.6 Å². The van der Waals surface area contributed by atoms with Gasteiger partial charge in [-0.3, -0.25) is 15.6 Å². The van der Waals surface area contributed by atoms with Crippen LogP contribution >= 0.6 is 0 Å². The first-order valence-corrected chi connectivity index (χ1v) is 9.91. The second-order valence-electron chi connectivity index (χ2n) is 7.65. The van der Waals surface area contributed by atoms with Gasteiger partial charge in [-0.2, -0.15) is 5.10 Å². The van der Waals surface area contributed by atoms with Gasteiger partial charge in [-0.25, -0.2) is 14.3 Å². The van der Waals surface area contributed by atoms with Crippen LogP contribution in [0.2, 0.25) is 0 Å². The Labute approximate surface area is 173 Å². The van der Waals surface area contributed by atoms with Crippen LogP contribution in [0.4, 0.5) is 0 Å². The maximum Gasteiger partial charge on any atom is 0.305 e. The Morgan fingerprint density at radius 2 is 1.97 bits per heavy atom. The molecule has 0 saturated carbocycles. The topological polar surface area (TPSA) is 102 Å². The standard InChI is InChI=1S/C22H24N6O2/c1-15(2)12-17-7-5-16(6-8-17)9-10-27-21-18(13-25-27)20(23)28(14-24-21)26-22(29)19-4-3-11-30-19/h3-8,11,13-15,23H,9-10,12H2,1-2H3,(H,26,29). The molecule has 0 fully saturated rings. The van der Waals surface area contributed by atoms with E-state index >= 15 is 0 Å². The molecule has 0 aliphatic carbocycles. The first kappa shape index (κ1) is 19.6. The summed E-state index contributed by atoms with van der Waals surface area (Å²) in [6.07, 6.45) is 6.33. The van der Waals surface area contributed by atoms with Crippen LogP contribution in [0.3, 0.4) is 0 Å². The van der Waals surface area contributed by atoms with Gasteiger partial charge in [0.2, 0.25) is 0 Å². The minimum Gasteiger partial charge on any atom is -0.459 e. The summed E-state index contributed by atoms with van der Waals surface area (Å²) in [7, 11) is 0. The molecule has 154 valence electrons. The van der Waals surface area contributed by atoms with E-state index in [1.54, 1.807) is 23.0 Å². The Bertz CT molecular complexity index is 1200. The highest BCUT2D eigenvalue weighted by atomic mass is 16.3. The van der Waals surface area contributed by atoms with Crippen LogP contribution in [-0.4, -0.2) is 25.3 Å². The lowest BCUT2D eigenvalue weighted by atomic mass is 10.0. The Kier molecular flexibility index (Phi) is 5.47. The fraction of sp³-hybridized carbons (Fsp3) is 0.273. The van der Waals surface area contributed by atoms with Gasteiger partial charge in [-0.1, -0.05) is 38.1 Å². The minimum atomic E-state index is -0.451. The normalized spacial score (nSPS) is 11.3. The molecule has 0 spiro atoms. The molecule has 0 saturated heterocycles. The van der Waals surface area contributed by atoms with Gasteiger partial charge >= 0.3 is 5.91 Å². The zero-order valence-corrected chi connectivity index (χ0v) is 17.0. The number of aromatic nitrogens is 4. The van der Waals surface area contributed by atoms with Crippen molar-refractivity contribution in [1.82, 2.24) is 19.4 Å². The monoisotopic (exact) mass is 404 g/mol. The number of fused-ring (bicyclic) bond motifs is 1. The minimum absolute atomic E-state index is 0.101. The van der Waals surface area contributed by atoms with Gasteiger partial charge in [0.25, 0.3) is 0 Å². The van der Waals surface area contributed by atoms with Crippen molar-refractivity contribution in [3.05, 3.63) is 77.6 Å². The molecule has 8 heteroatoms. The summed E-state index contributed by atoms with van der Waals surface area (Å²) >= 11 is 0. The maximum atomic E-state index is 12.2. The molecule has 0 radical (unpaired) electrons. The number of carbonyl (C=O) groups excluding carboxylic acids is 1. The van der Waals surface area contributed by atoms with E-state index in [1.165, 1.54) is 28.4 Å². The molecule has 3 aromatic heterocycles. The fourth-order valence-electron chi connectivity index (χ4n) is 3.35. The number of nitrogens with one attached hydrogen (secondary N) is 2. The average molecular weight is 404 g/mol. The third-order valence-electron chi connectivity index (χ3n) is 4.85. The molecule has 1 amide bonds. The van der Waals surface area contributed by atoms with Crippen LogP contribution in [0.25, 0.3) is 11.0 Å². The average Bonchev–Trinajstić information content (AvgIpc) is 3.39. The van der Waals surface area contributed by atoms with Crippen molar-refractivity contribution in [2.75, 3.05) is 5.43 Å². The SMILES string of the molecule is CC(C)Cc1ccc(CCn2ncc3c(=N)n(NC(=O)c4ccco4)cnc32)cc1. The molecule has 2 N–H and O–H groups in total. The molecular weight excluding hydrogens is 380 g/mol. The maximum absolute atomic E-state index is 12.2. The third-order valence-corrected chi connectivity index (χ3v) is 4.85. The molecule has 30 heavy (non-hydrogen) atoms. The first-order valence-electron chi connectivity index (χ1n) is 9.91. The Balaban J connectivity index is 1.47. The Morgan fingerprint density at radius 1 is 1.20 bits per heavy atom. The summed E-state index contributed by atoms with van der Waals surface area (Å²) in [4.78, 5) is 16.5. The Hall–Kier alpha value is -3.68. The van der Waals surface area contributed by atoms with Crippen molar-refractivity contribution in [3.63, 3.8) is 0 Å². The van der Waals surface area contributed by atoms with Crippen molar-refractivity contribution < 1.29 is 9.21 Å². The number of nitrogens with zero attached hydrogens (tertiary/aromatic N) is 4. The number of aryl methyl sites for hydroxylation is 2. The number of carbonyl (C=O) groups is 1. The van der Waals surface area contributed by atoms with Crippen molar-refractivity contribution in [2.24, 2.45) is 5.92 Å². The predicted octanol–water partition coefficient (Wildman–Crippen LogP) is 3.13. The van der Waals surface area contributed by atoms with Gasteiger partial charge in [-0.15, -0.1) is 0 Å². The smallest absolute Gasteiger partial charge is 0.305 e. The van der Waals surface area contributed by atoms with Crippen molar-refractivity contribution in [3.8, 4) is 0 Å². The van der Waals surface area contributed by atoms with E-state index in [4.69, 9.17) is 9.83 Å². The van der Waals surface area contributed by atoms with E-state index in [0.717, 1.165) is 12.8 Å². The second kappa shape index (κ2) is 8.36. The molecule has 0 bridgehead atoms. The highest BCUT2D eigenvalue weighted by molar-refractivity contribution is 5.97. The summed E-state index contributed by atoms with van der Waals surface area (Å²) in [5, 5.41) is 13.3. The lowest BCUT2D eigenvalue weighted by molar-refractivity contribution is 0.0980. The molecule has 0 aliphatic rings. The molecule has 0 unspecified atom stereocenters. The lowest BCUT2D eigenvalue weighted by Crippen LogP contribution is -2.33. The predicted molar refractivity (Wildman–Crippen MR) is 112 cm³/mol. The fourth-order valence-corrected chi connectivity index (χ4v) is 3.35. The van der Waals surface area contributed by atoms with E-state index < -0.39 is 5.91 Å². The first-order chi connectivity index (χ1) is 14.5. The van der Waals surface area contributed by atoms with Crippen LogP contribution in [0.5, 0.6) is 0 Å². The largest absolute Gasteiger partial charge is 0.459 e. The van der Waals surface area contributed by atoms with E-state index in [9.17, 15) is 4.79 Å². The summed E-state index contributed by atoms with van der Waals surface area (Å²) in [5.41, 5.74) is 5.88. The van der Waals surface area contributed by atoms with E-state index in [-0.39, 0.29) is 11.2 Å². The summed E-state index contributed by atoms with van der Waals surface area (Å²) in [6.45, 7) is 5.09. The van der Waals surface area contributed by atoms with Gasteiger partial charge in [0.05, 0.1) is 17.8 Å². The molecule has 0 aliphatic heterocycles. The van der Waals surface area contributed by atoms with Gasteiger partial charge in [-0.05, 0) is 42.0 Å². The third kappa shape index (κ3) is 4.17. The van der Waals surface area contributed by atoms with Gasteiger partial charge in [0, 0.05) is 6.54 Å². The highest BCUT2D eigenvalue weighted by Crippen LogP contribution is 2.12. The summed E-state index contributed by atoms with van der Waals surface area (Å²) in [5.74, 6) is 0.355. The summed E-state index contributed by atoms with van der Waals surface area (Å²) in [6, 6.07) is 11.9. The van der Waals surface area contributed by atoms with Crippen LogP contribution in [0.15, 0.2) is 59.6 Å². The molecule has 8 nitrogen and oxygen atoms in total. The zero-order valence-electron chi connectivity index (χ0n) is 17.0. The lowest BCUT2D eigenvalue weighted by Gasteiger charge is -2.09. The van der Waals surface area contributed by atoms with E-state index in [0.29, 0.717) is 23.5 Å². The van der Waals surface area contributed by atoms with Crippen LogP contribution in [0.1, 0.15) is 35.5 Å². The number of hydrogen-bond acceptors (Lipinski definition) is 5. The molecule has 1 aromatic carbocycles. The number of amides is 1. The van der Waals surface area contributed by atoms with Gasteiger partial charge in [0.1, 0.15) is 6.33 Å². The molecule has 4 aromatic rings. The Morgan fingerprint density at radius 3 is 2.67 bits per heavy atom. The van der Waals surface area contributed by atoms with Gasteiger partial charge < -0.3 is 4.42 Å². The molecule has 4 rings (SSSR count). The van der Waals surface area contributed by atoms with Crippen molar-refractivity contribution in [2.45, 2.75) is 33.2 Å². The number of benzene rings is 1. The molecule has 3 heterocycles. The zero-order chi connectivity index (χ0) is 21.1. The number of hydrogen-bond donors (Lipinski definition) is 2. The quantitative estimate of drug-likeness (QED) is 0.494. The van der Waals surface area contributed by atoms with Crippen molar-refractivity contribution in [1.29, 1.82) is 5.41 Å². The van der Waals surface area contributed by atoms with Crippen molar-refractivity contribution >= 4 is 16.9 Å². The summed E-state index contributed by atoms with van der Waals surface area (Å²) < 4.78 is 8.12. The number of rotatable bonds is 7. The second-order valence-corrected chi connectivity index (χ2v) is 7.65. The van der Waals surface area contributed by atoms with Crippen LogP contribution < -0.4 is 10.9 Å². The number of furan rings is 1. The van der Waals surface area contributed by atoms with Crippen LogP contribution in [0, 0.1) is 11.3 Å². The van der Waals surface area contributed by atoms with Gasteiger partial charge in [0.15, 0.2) is 16.9 Å². The molecular formula is C22H24N6O2. The molecule has 0 atom stereocenters.